The molecule has 1 amide bonds. The summed E-state index contributed by atoms with van der Waals surface area (Å²) in [7, 11) is 0. The summed E-state index contributed by atoms with van der Waals surface area (Å²) >= 11 is 6.84. The van der Waals surface area contributed by atoms with Crippen LogP contribution >= 0.6 is 22.9 Å². The zero-order valence-corrected chi connectivity index (χ0v) is 10.7. The topological polar surface area (TPSA) is 57.9 Å². The fraction of sp³-hybridized carbons (Fsp3) is 0.0909. The lowest BCUT2D eigenvalue weighted by atomic mass is 10.3. The van der Waals surface area contributed by atoms with Gasteiger partial charge in [0, 0.05) is 17.3 Å². The first kappa shape index (κ1) is 12.8. The molecule has 0 aliphatic heterocycles. The van der Waals surface area contributed by atoms with E-state index in [0.29, 0.717) is 10.5 Å². The van der Waals surface area contributed by atoms with Crippen LogP contribution < -0.4 is 10.1 Å². The van der Waals surface area contributed by atoms with Crippen LogP contribution in [0.2, 0.25) is 5.02 Å². The van der Waals surface area contributed by atoms with E-state index in [9.17, 15) is 9.18 Å². The highest BCUT2D eigenvalue weighted by molar-refractivity contribution is 7.06. The number of anilines is 1. The molecule has 0 saturated carbocycles. The molecule has 0 radical (unpaired) electrons. The number of carbonyl (C=O) groups excluding carboxylic acids is 1. The first-order valence-corrected chi connectivity index (χ1v) is 6.25. The average Bonchev–Trinajstić information content (AvgIpc) is 2.70. The zero-order valence-electron chi connectivity index (χ0n) is 9.11. The highest BCUT2D eigenvalue weighted by Crippen LogP contribution is 2.19. The van der Waals surface area contributed by atoms with Gasteiger partial charge in [-0.15, -0.1) is 11.3 Å². The highest BCUT2D eigenvalue weighted by Gasteiger charge is 2.06. The van der Waals surface area contributed by atoms with E-state index >= 15 is 0 Å². The average molecular weight is 286 g/mol. The Labute approximate surface area is 111 Å². The number of halogens is 2. The summed E-state index contributed by atoms with van der Waals surface area (Å²) < 4.78 is 14.4. The van der Waals surface area contributed by atoms with Crippen LogP contribution in [-0.2, 0) is 11.3 Å². The minimum absolute atomic E-state index is 0.0390. The van der Waals surface area contributed by atoms with Gasteiger partial charge >= 0.3 is 0 Å². The second-order valence-electron chi connectivity index (χ2n) is 3.51. The molecule has 18 heavy (non-hydrogen) atoms. The van der Waals surface area contributed by atoms with Crippen molar-refractivity contribution in [1.29, 1.82) is 5.41 Å². The van der Waals surface area contributed by atoms with E-state index in [4.69, 9.17) is 17.0 Å². The highest BCUT2D eigenvalue weighted by atomic mass is 35.5. The number of carbonyl (C=O) groups is 1. The minimum atomic E-state index is -0.532. The number of hydrogen-bond acceptors (Lipinski definition) is 3. The number of benzene rings is 1. The molecule has 7 heteroatoms. The standard InChI is InChI=1S/C11H9ClFN3OS/c12-8-5-7(1-2-9(8)13)15-10(17)6-16-3-4-18-11(16)14/h1-5,14H,6H2,(H,15,17). The molecule has 0 bridgehead atoms. The smallest absolute Gasteiger partial charge is 0.244 e. The molecule has 2 rings (SSSR count). The quantitative estimate of drug-likeness (QED) is 0.894. The van der Waals surface area contributed by atoms with Crippen molar-refractivity contribution in [2.45, 2.75) is 6.54 Å². The van der Waals surface area contributed by atoms with Gasteiger partial charge in [-0.3, -0.25) is 10.2 Å². The predicted molar refractivity (Wildman–Crippen MR) is 68.2 cm³/mol. The van der Waals surface area contributed by atoms with E-state index in [0.717, 1.165) is 0 Å². The fourth-order valence-corrected chi connectivity index (χ4v) is 2.14. The van der Waals surface area contributed by atoms with Gasteiger partial charge in [0.15, 0.2) is 4.80 Å². The van der Waals surface area contributed by atoms with Crippen LogP contribution in [0.25, 0.3) is 0 Å². The number of amides is 1. The zero-order chi connectivity index (χ0) is 13.1. The van der Waals surface area contributed by atoms with E-state index in [-0.39, 0.29) is 17.5 Å². The fourth-order valence-electron chi connectivity index (χ4n) is 1.36. The monoisotopic (exact) mass is 285 g/mol. The first-order valence-electron chi connectivity index (χ1n) is 4.99. The van der Waals surface area contributed by atoms with Crippen LogP contribution in [0.1, 0.15) is 0 Å². The summed E-state index contributed by atoms with van der Waals surface area (Å²) in [6.07, 6.45) is 1.66. The van der Waals surface area contributed by atoms with Crippen LogP contribution in [0.4, 0.5) is 10.1 Å². The summed E-state index contributed by atoms with van der Waals surface area (Å²) in [5.74, 6) is -0.829. The summed E-state index contributed by atoms with van der Waals surface area (Å²) in [6.45, 7) is 0.0390. The molecule has 0 fully saturated rings. The molecule has 0 aliphatic carbocycles. The third kappa shape index (κ3) is 2.96. The number of nitrogens with zero attached hydrogens (tertiary/aromatic N) is 1. The molecular formula is C11H9ClFN3OS. The van der Waals surface area contributed by atoms with Crippen LogP contribution in [0.3, 0.4) is 0 Å². The van der Waals surface area contributed by atoms with Crippen LogP contribution in [-0.4, -0.2) is 10.5 Å². The largest absolute Gasteiger partial charge is 0.324 e. The third-order valence-electron chi connectivity index (χ3n) is 2.20. The lowest BCUT2D eigenvalue weighted by Crippen LogP contribution is -2.23. The van der Waals surface area contributed by atoms with Gasteiger partial charge in [-0.05, 0) is 18.2 Å². The first-order chi connectivity index (χ1) is 8.56. The Morgan fingerprint density at radius 2 is 2.33 bits per heavy atom. The Hall–Kier alpha value is -1.66. The van der Waals surface area contributed by atoms with Crippen molar-refractivity contribution in [3.05, 3.63) is 45.4 Å². The lowest BCUT2D eigenvalue weighted by molar-refractivity contribution is -0.116. The van der Waals surface area contributed by atoms with Crippen LogP contribution in [0.5, 0.6) is 0 Å². The van der Waals surface area contributed by atoms with Crippen molar-refractivity contribution in [2.24, 2.45) is 0 Å². The predicted octanol–water partition coefficient (Wildman–Crippen LogP) is 2.46. The number of thiazole rings is 1. The van der Waals surface area contributed by atoms with E-state index < -0.39 is 5.82 Å². The molecule has 0 aliphatic rings. The maximum atomic E-state index is 12.9. The second kappa shape index (κ2) is 5.32. The molecule has 2 N–H and O–H groups in total. The summed E-state index contributed by atoms with van der Waals surface area (Å²) in [5, 5.41) is 11.8. The Bertz CT molecular complexity index is 637. The Kier molecular flexibility index (Phi) is 3.78. The summed E-state index contributed by atoms with van der Waals surface area (Å²) in [5.41, 5.74) is 0.425. The van der Waals surface area contributed by atoms with Gasteiger partial charge in [-0.1, -0.05) is 11.6 Å². The molecule has 0 unspecified atom stereocenters. The number of nitrogens with one attached hydrogen (secondary N) is 2. The van der Waals surface area contributed by atoms with Gasteiger partial charge in [-0.2, -0.15) is 0 Å². The van der Waals surface area contributed by atoms with Gasteiger partial charge in [0.25, 0.3) is 0 Å². The third-order valence-corrected chi connectivity index (χ3v) is 3.20. The van der Waals surface area contributed by atoms with Gasteiger partial charge in [0.05, 0.1) is 5.02 Å². The van der Waals surface area contributed by atoms with Crippen molar-refractivity contribution >= 4 is 34.5 Å². The van der Waals surface area contributed by atoms with Crippen molar-refractivity contribution in [1.82, 2.24) is 4.57 Å². The second-order valence-corrected chi connectivity index (χ2v) is 4.81. The van der Waals surface area contributed by atoms with E-state index in [1.54, 1.807) is 11.6 Å². The normalized spacial score (nSPS) is 10.3. The number of aromatic nitrogens is 1. The number of rotatable bonds is 3. The van der Waals surface area contributed by atoms with Gasteiger partial charge in [-0.25, -0.2) is 4.39 Å². The molecule has 1 heterocycles. The minimum Gasteiger partial charge on any atom is -0.324 e. The summed E-state index contributed by atoms with van der Waals surface area (Å²) in [4.78, 5) is 12.0. The maximum absolute atomic E-state index is 12.9. The maximum Gasteiger partial charge on any atom is 0.244 e. The van der Waals surface area contributed by atoms with Crippen molar-refractivity contribution < 1.29 is 9.18 Å². The Morgan fingerprint density at radius 1 is 1.56 bits per heavy atom. The van der Waals surface area contributed by atoms with Gasteiger partial charge < -0.3 is 9.88 Å². The number of hydrogen-bond donors (Lipinski definition) is 2. The summed E-state index contributed by atoms with van der Waals surface area (Å²) in [6, 6.07) is 3.96. The van der Waals surface area contributed by atoms with Crippen molar-refractivity contribution in [3.8, 4) is 0 Å². The molecule has 94 valence electrons. The van der Waals surface area contributed by atoms with E-state index in [2.05, 4.69) is 5.32 Å². The van der Waals surface area contributed by atoms with Crippen molar-refractivity contribution in [3.63, 3.8) is 0 Å². The van der Waals surface area contributed by atoms with Crippen LogP contribution in [0, 0.1) is 11.2 Å². The van der Waals surface area contributed by atoms with E-state index in [1.807, 2.05) is 0 Å². The molecule has 2 aromatic rings. The molecule has 1 aromatic carbocycles. The molecular weight excluding hydrogens is 277 g/mol. The molecule has 4 nitrogen and oxygen atoms in total. The van der Waals surface area contributed by atoms with Crippen LogP contribution in [0.15, 0.2) is 29.8 Å². The van der Waals surface area contributed by atoms with Gasteiger partial charge in [0.1, 0.15) is 12.4 Å². The van der Waals surface area contributed by atoms with Gasteiger partial charge in [0.2, 0.25) is 5.91 Å². The molecule has 1 aromatic heterocycles. The molecule has 0 atom stereocenters. The SMILES string of the molecule is N=c1sccn1CC(=O)Nc1ccc(F)c(Cl)c1. The molecule has 0 spiro atoms. The van der Waals surface area contributed by atoms with E-state index in [1.165, 1.54) is 34.1 Å². The Morgan fingerprint density at radius 3 is 2.94 bits per heavy atom. The van der Waals surface area contributed by atoms with Crippen molar-refractivity contribution in [2.75, 3.05) is 5.32 Å². The molecule has 0 saturated heterocycles. The lowest BCUT2D eigenvalue weighted by Gasteiger charge is -2.06. The Balaban J connectivity index is 2.05.